The van der Waals surface area contributed by atoms with Crippen molar-refractivity contribution in [3.8, 4) is 5.75 Å². The number of carbonyl (C=O) groups excluding carboxylic acids is 1. The number of amides is 1. The fourth-order valence-electron chi connectivity index (χ4n) is 5.49. The van der Waals surface area contributed by atoms with Gasteiger partial charge in [-0.25, -0.2) is 0 Å². The normalized spacial score (nSPS) is 28.4. The molecule has 2 aromatic rings. The van der Waals surface area contributed by atoms with Gasteiger partial charge in [-0.3, -0.25) is 4.79 Å². The summed E-state index contributed by atoms with van der Waals surface area (Å²) in [5, 5.41) is 14.1. The van der Waals surface area contributed by atoms with Crippen molar-refractivity contribution in [1.29, 1.82) is 0 Å². The summed E-state index contributed by atoms with van der Waals surface area (Å²) in [5.41, 5.74) is 0.941. The molecule has 29 heavy (non-hydrogen) atoms. The Morgan fingerprint density at radius 3 is 2.52 bits per heavy atom. The Hall–Kier alpha value is -2.15. The van der Waals surface area contributed by atoms with Crippen LogP contribution in [0.1, 0.15) is 18.9 Å². The minimum atomic E-state index is -2.06. The summed E-state index contributed by atoms with van der Waals surface area (Å²) in [6, 6.07) is 16.1. The smallest absolute Gasteiger partial charge is 0.261 e. The maximum atomic E-state index is 13.2. The highest BCUT2D eigenvalue weighted by Crippen LogP contribution is 2.58. The molecule has 1 amide bonds. The molecule has 1 fully saturated rings. The number of carbonyl (C=O) groups is 1. The molecule has 2 aliphatic heterocycles. The number of benzene rings is 2. The highest BCUT2D eigenvalue weighted by molar-refractivity contribution is 6.91. The van der Waals surface area contributed by atoms with Crippen LogP contribution in [0.15, 0.2) is 48.5 Å². The van der Waals surface area contributed by atoms with Crippen molar-refractivity contribution in [2.75, 3.05) is 19.0 Å². The number of methoxy groups -OCH3 is 1. The van der Waals surface area contributed by atoms with Gasteiger partial charge in [0.1, 0.15) is 5.75 Å². The van der Waals surface area contributed by atoms with Gasteiger partial charge < -0.3 is 19.9 Å². The highest BCUT2D eigenvalue weighted by atomic mass is 28.3. The zero-order valence-corrected chi connectivity index (χ0v) is 18.4. The first-order chi connectivity index (χ1) is 13.9. The summed E-state index contributed by atoms with van der Waals surface area (Å²) in [5.74, 6) is 0.740. The third-order valence-corrected chi connectivity index (χ3v) is 11.3. The van der Waals surface area contributed by atoms with Gasteiger partial charge in [0.25, 0.3) is 5.91 Å². The molecule has 0 bridgehead atoms. The van der Waals surface area contributed by atoms with Crippen molar-refractivity contribution >= 4 is 24.9 Å². The minimum Gasteiger partial charge on any atom is -0.497 e. The molecule has 2 aliphatic rings. The Kier molecular flexibility index (Phi) is 5.05. The number of hydrogen-bond acceptors (Lipinski definition) is 4. The lowest BCUT2D eigenvalue weighted by Gasteiger charge is -2.37. The van der Waals surface area contributed by atoms with E-state index in [0.717, 1.165) is 17.0 Å². The number of nitrogens with one attached hydrogen (secondary N) is 1. The number of hydrogen-bond donors (Lipinski definition) is 2. The SMILES string of the molecule is COc1ccc([Si](C)(C)[C@@H]2[C@@H](CCO)O[C@]3(C(=O)Nc4ccccc43)[C@H]2C)cc1. The average molecular weight is 412 g/mol. The monoisotopic (exact) mass is 411 g/mol. The van der Waals surface area contributed by atoms with Crippen LogP contribution in [0.4, 0.5) is 5.69 Å². The number of ether oxygens (including phenoxy) is 2. The Balaban J connectivity index is 1.79. The molecule has 0 aromatic heterocycles. The number of fused-ring (bicyclic) bond motifs is 2. The molecule has 0 radical (unpaired) electrons. The second kappa shape index (κ2) is 7.27. The van der Waals surface area contributed by atoms with Crippen molar-refractivity contribution in [1.82, 2.24) is 0 Å². The topological polar surface area (TPSA) is 67.8 Å². The van der Waals surface area contributed by atoms with E-state index in [1.807, 2.05) is 36.4 Å². The molecule has 0 saturated carbocycles. The lowest BCUT2D eigenvalue weighted by atomic mass is 9.82. The molecule has 2 heterocycles. The van der Waals surface area contributed by atoms with Crippen molar-refractivity contribution in [3.63, 3.8) is 0 Å². The number of anilines is 1. The molecule has 5 nitrogen and oxygen atoms in total. The van der Waals surface area contributed by atoms with Gasteiger partial charge in [-0.2, -0.15) is 0 Å². The van der Waals surface area contributed by atoms with Gasteiger partial charge in [0.05, 0.1) is 21.3 Å². The highest BCUT2D eigenvalue weighted by Gasteiger charge is 2.64. The van der Waals surface area contributed by atoms with E-state index in [0.29, 0.717) is 6.42 Å². The molecule has 1 saturated heterocycles. The summed E-state index contributed by atoms with van der Waals surface area (Å²) in [6.45, 7) is 6.85. The van der Waals surface area contributed by atoms with E-state index >= 15 is 0 Å². The van der Waals surface area contributed by atoms with E-state index in [9.17, 15) is 9.90 Å². The molecular weight excluding hydrogens is 382 g/mol. The van der Waals surface area contributed by atoms with Gasteiger partial charge in [0.15, 0.2) is 5.60 Å². The second-order valence-corrected chi connectivity index (χ2v) is 13.4. The first kappa shape index (κ1) is 20.1. The Morgan fingerprint density at radius 2 is 1.86 bits per heavy atom. The molecule has 0 unspecified atom stereocenters. The summed E-state index contributed by atoms with van der Waals surface area (Å²) in [4.78, 5) is 13.2. The average Bonchev–Trinajstić information content (AvgIpc) is 3.17. The molecule has 0 aliphatic carbocycles. The van der Waals surface area contributed by atoms with Crippen LogP contribution in [0.3, 0.4) is 0 Å². The summed E-state index contributed by atoms with van der Waals surface area (Å²) in [7, 11) is -0.393. The number of aliphatic hydroxyl groups is 1. The predicted molar refractivity (Wildman–Crippen MR) is 116 cm³/mol. The van der Waals surface area contributed by atoms with Crippen molar-refractivity contribution in [2.45, 2.75) is 43.7 Å². The van der Waals surface area contributed by atoms with Gasteiger partial charge in [-0.05, 0) is 30.2 Å². The van der Waals surface area contributed by atoms with Gasteiger partial charge in [0.2, 0.25) is 0 Å². The summed E-state index contributed by atoms with van der Waals surface area (Å²) in [6.07, 6.45) is 0.356. The van der Waals surface area contributed by atoms with E-state index in [4.69, 9.17) is 9.47 Å². The molecule has 4 rings (SSSR count). The largest absolute Gasteiger partial charge is 0.497 e. The van der Waals surface area contributed by atoms with Gasteiger partial charge >= 0.3 is 0 Å². The molecular formula is C23H29NO4Si. The van der Waals surface area contributed by atoms with Gasteiger partial charge in [-0.15, -0.1) is 0 Å². The molecule has 2 aromatic carbocycles. The third-order valence-electron chi connectivity index (χ3n) is 6.91. The summed E-state index contributed by atoms with van der Waals surface area (Å²) < 4.78 is 11.9. The quantitative estimate of drug-likeness (QED) is 0.741. The van der Waals surface area contributed by atoms with Crippen LogP contribution in [0.5, 0.6) is 5.75 Å². The first-order valence-corrected chi connectivity index (χ1v) is 13.3. The van der Waals surface area contributed by atoms with Gasteiger partial charge in [0, 0.05) is 23.8 Å². The van der Waals surface area contributed by atoms with Crippen LogP contribution >= 0.6 is 0 Å². The number of rotatable bonds is 5. The van der Waals surface area contributed by atoms with Crippen molar-refractivity contribution in [2.24, 2.45) is 5.92 Å². The lowest BCUT2D eigenvalue weighted by Crippen LogP contribution is -2.51. The van der Waals surface area contributed by atoms with E-state index in [2.05, 4.69) is 37.5 Å². The number of para-hydroxylation sites is 1. The predicted octanol–water partition coefficient (Wildman–Crippen LogP) is 3.25. The fourth-order valence-corrected chi connectivity index (χ4v) is 9.54. The standard InChI is InChI=1S/C23H29NO4Si/c1-15-21(29(3,4)17-11-9-16(27-2)10-12-17)20(13-14-25)28-23(15)18-7-5-6-8-19(18)24-22(23)26/h5-12,15,20-21,25H,13-14H2,1-4H3,(H,24,26)/t15-,20+,21-,23+/m0/s1. The Labute approximate surface area is 173 Å². The fraction of sp³-hybridized carbons (Fsp3) is 0.435. The molecule has 1 spiro atoms. The van der Waals surface area contributed by atoms with Gasteiger partial charge in [-0.1, -0.05) is 55.5 Å². The Bertz CT molecular complexity index is 913. The van der Waals surface area contributed by atoms with E-state index in [1.165, 1.54) is 5.19 Å². The van der Waals surface area contributed by atoms with Crippen LogP contribution in [-0.2, 0) is 15.1 Å². The zero-order valence-electron chi connectivity index (χ0n) is 17.4. The summed E-state index contributed by atoms with van der Waals surface area (Å²) >= 11 is 0. The Morgan fingerprint density at radius 1 is 1.17 bits per heavy atom. The van der Waals surface area contributed by atoms with Crippen molar-refractivity contribution < 1.29 is 19.4 Å². The van der Waals surface area contributed by atoms with Crippen molar-refractivity contribution in [3.05, 3.63) is 54.1 Å². The molecule has 6 heteroatoms. The van der Waals surface area contributed by atoms with Crippen LogP contribution in [-0.4, -0.2) is 38.9 Å². The minimum absolute atomic E-state index is 0.00790. The molecule has 2 N–H and O–H groups in total. The molecule has 4 atom stereocenters. The third kappa shape index (κ3) is 2.93. The number of aliphatic hydroxyl groups excluding tert-OH is 1. The zero-order chi connectivity index (χ0) is 20.8. The maximum absolute atomic E-state index is 13.2. The van der Waals surface area contributed by atoms with E-state index < -0.39 is 13.7 Å². The van der Waals surface area contributed by atoms with E-state index in [1.54, 1.807) is 7.11 Å². The second-order valence-electron chi connectivity index (χ2n) is 8.67. The first-order valence-electron chi connectivity index (χ1n) is 10.2. The maximum Gasteiger partial charge on any atom is 0.261 e. The lowest BCUT2D eigenvalue weighted by molar-refractivity contribution is -0.143. The van der Waals surface area contributed by atoms with E-state index in [-0.39, 0.29) is 30.1 Å². The molecule has 154 valence electrons. The van der Waals surface area contributed by atoms with Crippen LogP contribution in [0.2, 0.25) is 18.6 Å². The van der Waals surface area contributed by atoms with Crippen LogP contribution in [0.25, 0.3) is 0 Å². The van der Waals surface area contributed by atoms with Crippen LogP contribution < -0.4 is 15.2 Å². The van der Waals surface area contributed by atoms with Crippen LogP contribution in [0, 0.1) is 5.92 Å².